The van der Waals surface area contributed by atoms with Gasteiger partial charge < -0.3 is 15.2 Å². The minimum Gasteiger partial charge on any atom is -0.494 e. The summed E-state index contributed by atoms with van der Waals surface area (Å²) in [5, 5.41) is 11.5. The second kappa shape index (κ2) is 9.28. The zero-order chi connectivity index (χ0) is 12.3. The predicted molar refractivity (Wildman–Crippen MR) is 69.5 cm³/mol. The lowest BCUT2D eigenvalue weighted by Crippen LogP contribution is -2.85. The molecule has 0 atom stereocenters. The van der Waals surface area contributed by atoms with Crippen molar-refractivity contribution in [1.29, 1.82) is 0 Å². The zero-order valence-electron chi connectivity index (χ0n) is 10.1. The highest BCUT2D eigenvalue weighted by Crippen LogP contribution is 2.15. The van der Waals surface area contributed by atoms with Gasteiger partial charge in [0.1, 0.15) is 5.75 Å². The number of nitrogens with two attached hydrogens (primary N) is 1. The molecule has 3 N–H and O–H groups in total. The van der Waals surface area contributed by atoms with E-state index in [-0.39, 0.29) is 6.61 Å². The lowest BCUT2D eigenvalue weighted by atomic mass is 10.2. The van der Waals surface area contributed by atoms with Crippen LogP contribution in [0.3, 0.4) is 0 Å². The topological polar surface area (TPSA) is 46.1 Å². The summed E-state index contributed by atoms with van der Waals surface area (Å²) in [7, 11) is 0. The van der Waals surface area contributed by atoms with Gasteiger partial charge in [-0.2, -0.15) is 0 Å². The maximum absolute atomic E-state index is 8.59. The molecule has 3 nitrogen and oxygen atoms in total. The van der Waals surface area contributed by atoms with E-state index in [1.807, 2.05) is 24.3 Å². The molecule has 1 aromatic rings. The van der Waals surface area contributed by atoms with Crippen molar-refractivity contribution in [2.75, 3.05) is 26.3 Å². The molecule has 17 heavy (non-hydrogen) atoms. The normalized spacial score (nSPS) is 10.5. The van der Waals surface area contributed by atoms with Gasteiger partial charge in [-0.25, -0.2) is 0 Å². The van der Waals surface area contributed by atoms with Gasteiger partial charge in [0.2, 0.25) is 0 Å². The third kappa shape index (κ3) is 7.21. The molecule has 0 amide bonds. The Balaban J connectivity index is 1.95. The van der Waals surface area contributed by atoms with Crippen molar-refractivity contribution in [3.8, 4) is 5.75 Å². The Bertz CT molecular complexity index is 290. The Labute approximate surface area is 108 Å². The number of benzene rings is 1. The number of halogens is 1. The van der Waals surface area contributed by atoms with Crippen molar-refractivity contribution in [2.45, 2.75) is 19.3 Å². The van der Waals surface area contributed by atoms with Crippen molar-refractivity contribution in [1.82, 2.24) is 0 Å². The van der Waals surface area contributed by atoms with Crippen molar-refractivity contribution in [3.63, 3.8) is 0 Å². The molecule has 0 saturated carbocycles. The smallest absolute Gasteiger partial charge is 0.119 e. The summed E-state index contributed by atoms with van der Waals surface area (Å²) in [4.78, 5) is 0. The molecule has 0 spiro atoms. The third-order valence-corrected chi connectivity index (χ3v) is 2.72. The van der Waals surface area contributed by atoms with Crippen molar-refractivity contribution < 1.29 is 15.2 Å². The maximum atomic E-state index is 8.59. The van der Waals surface area contributed by atoms with Gasteiger partial charge >= 0.3 is 0 Å². The van der Waals surface area contributed by atoms with E-state index in [0.29, 0.717) is 0 Å². The van der Waals surface area contributed by atoms with Crippen molar-refractivity contribution in [2.24, 2.45) is 0 Å². The zero-order valence-corrected chi connectivity index (χ0v) is 10.8. The number of aliphatic hydroxyl groups is 1. The van der Waals surface area contributed by atoms with Crippen LogP contribution >= 0.6 is 11.6 Å². The van der Waals surface area contributed by atoms with Crippen LogP contribution in [0.25, 0.3) is 0 Å². The number of unbranched alkanes of at least 4 members (excludes halogenated alkanes) is 2. The summed E-state index contributed by atoms with van der Waals surface area (Å²) >= 11 is 5.78. The van der Waals surface area contributed by atoms with Crippen LogP contribution in [0.5, 0.6) is 5.75 Å². The fraction of sp³-hybridized carbons (Fsp3) is 0.538. The molecular formula is C13H21ClNO2+. The first-order valence-corrected chi connectivity index (χ1v) is 6.51. The summed E-state index contributed by atoms with van der Waals surface area (Å²) in [6.45, 7) is 2.91. The summed E-state index contributed by atoms with van der Waals surface area (Å²) in [6.07, 6.45) is 3.40. The van der Waals surface area contributed by atoms with Crippen LogP contribution < -0.4 is 10.1 Å². The summed E-state index contributed by atoms with van der Waals surface area (Å²) in [5.41, 5.74) is 0. The molecule has 0 radical (unpaired) electrons. The minimum absolute atomic E-state index is 0.264. The number of rotatable bonds is 9. The average Bonchev–Trinajstić information content (AvgIpc) is 2.35. The van der Waals surface area contributed by atoms with E-state index in [9.17, 15) is 0 Å². The molecule has 0 aliphatic rings. The summed E-state index contributed by atoms with van der Waals surface area (Å²) in [5.74, 6) is 0.876. The Kier molecular flexibility index (Phi) is 7.80. The predicted octanol–water partition coefficient (Wildman–Crippen LogP) is 1.44. The first kappa shape index (κ1) is 14.3. The molecular weight excluding hydrogens is 238 g/mol. The van der Waals surface area contributed by atoms with Crippen LogP contribution in [0.4, 0.5) is 0 Å². The molecule has 0 aliphatic carbocycles. The van der Waals surface area contributed by atoms with Crippen LogP contribution in [-0.2, 0) is 0 Å². The maximum Gasteiger partial charge on any atom is 0.119 e. The molecule has 0 unspecified atom stereocenters. The first-order valence-electron chi connectivity index (χ1n) is 6.14. The van der Waals surface area contributed by atoms with Crippen LogP contribution in [-0.4, -0.2) is 31.4 Å². The number of hydrogen-bond donors (Lipinski definition) is 2. The molecule has 0 heterocycles. The molecule has 0 bridgehead atoms. The quantitative estimate of drug-likeness (QED) is 0.659. The highest BCUT2D eigenvalue weighted by Gasteiger charge is 1.95. The van der Waals surface area contributed by atoms with Crippen LogP contribution in [0.1, 0.15) is 19.3 Å². The van der Waals surface area contributed by atoms with E-state index >= 15 is 0 Å². The SMILES string of the molecule is OCC[NH2+]CCCCCOc1ccc(Cl)cc1. The standard InChI is InChI=1S/C13H20ClNO2/c14-12-4-6-13(7-5-12)17-11-3-1-2-8-15-9-10-16/h4-7,15-16H,1-3,8-11H2/p+1. The lowest BCUT2D eigenvalue weighted by molar-refractivity contribution is -0.656. The molecule has 1 aromatic carbocycles. The highest BCUT2D eigenvalue weighted by molar-refractivity contribution is 6.30. The van der Waals surface area contributed by atoms with Crippen LogP contribution in [0.15, 0.2) is 24.3 Å². The second-order valence-electron chi connectivity index (χ2n) is 3.95. The molecule has 0 aliphatic heterocycles. The van der Waals surface area contributed by atoms with Crippen molar-refractivity contribution >= 4 is 11.6 Å². The van der Waals surface area contributed by atoms with E-state index in [2.05, 4.69) is 5.32 Å². The van der Waals surface area contributed by atoms with Gasteiger partial charge in [0.15, 0.2) is 0 Å². The Morgan fingerprint density at radius 3 is 2.53 bits per heavy atom. The Morgan fingerprint density at radius 2 is 1.82 bits per heavy atom. The van der Waals surface area contributed by atoms with Gasteiger partial charge in [0.25, 0.3) is 0 Å². The molecule has 1 rings (SSSR count). The van der Waals surface area contributed by atoms with Crippen molar-refractivity contribution in [3.05, 3.63) is 29.3 Å². The fourth-order valence-electron chi connectivity index (χ4n) is 1.52. The summed E-state index contributed by atoms with van der Waals surface area (Å²) < 4.78 is 5.58. The van der Waals surface area contributed by atoms with E-state index in [1.54, 1.807) is 0 Å². The Hall–Kier alpha value is -0.770. The highest BCUT2D eigenvalue weighted by atomic mass is 35.5. The number of ether oxygens (including phenoxy) is 1. The number of quaternary nitrogens is 1. The number of aliphatic hydroxyl groups excluding tert-OH is 1. The molecule has 96 valence electrons. The van der Waals surface area contributed by atoms with E-state index in [4.69, 9.17) is 21.4 Å². The minimum atomic E-state index is 0.264. The van der Waals surface area contributed by atoms with Gasteiger partial charge in [-0.05, 0) is 43.5 Å². The fourth-order valence-corrected chi connectivity index (χ4v) is 1.65. The molecule has 4 heteroatoms. The van der Waals surface area contributed by atoms with Gasteiger partial charge in [-0.1, -0.05) is 11.6 Å². The van der Waals surface area contributed by atoms with Crippen LogP contribution in [0, 0.1) is 0 Å². The van der Waals surface area contributed by atoms with Gasteiger partial charge in [-0.15, -0.1) is 0 Å². The van der Waals surface area contributed by atoms with Gasteiger partial charge in [0.05, 0.1) is 26.3 Å². The average molecular weight is 259 g/mol. The van der Waals surface area contributed by atoms with Crippen LogP contribution in [0.2, 0.25) is 5.02 Å². The monoisotopic (exact) mass is 258 g/mol. The molecule has 0 aromatic heterocycles. The Morgan fingerprint density at radius 1 is 1.06 bits per heavy atom. The van der Waals surface area contributed by atoms with Gasteiger partial charge in [0, 0.05) is 5.02 Å². The van der Waals surface area contributed by atoms with Gasteiger partial charge in [-0.3, -0.25) is 0 Å². The summed E-state index contributed by atoms with van der Waals surface area (Å²) in [6, 6.07) is 7.44. The lowest BCUT2D eigenvalue weighted by Gasteiger charge is -2.05. The molecule has 0 saturated heterocycles. The molecule has 0 fully saturated rings. The van der Waals surface area contributed by atoms with E-state index in [1.165, 1.54) is 6.42 Å². The number of hydrogen-bond acceptors (Lipinski definition) is 2. The second-order valence-corrected chi connectivity index (χ2v) is 4.39. The largest absolute Gasteiger partial charge is 0.494 e. The third-order valence-electron chi connectivity index (χ3n) is 2.47. The first-order chi connectivity index (χ1) is 8.33. The van der Waals surface area contributed by atoms with E-state index in [0.717, 1.165) is 43.3 Å². The van der Waals surface area contributed by atoms with E-state index < -0.39 is 0 Å².